The molecule has 0 saturated heterocycles. The van der Waals surface area contributed by atoms with Gasteiger partial charge in [0.1, 0.15) is 6.54 Å². The lowest BCUT2D eigenvalue weighted by Gasteiger charge is -2.24. The van der Waals surface area contributed by atoms with Gasteiger partial charge in [0, 0.05) is 22.6 Å². The number of nitrogens with zero attached hydrogens (tertiary/aromatic N) is 3. The van der Waals surface area contributed by atoms with Crippen LogP contribution in [0.5, 0.6) is 0 Å². The molecule has 0 unspecified atom stereocenters. The van der Waals surface area contributed by atoms with Crippen LogP contribution in [0.2, 0.25) is 0 Å². The summed E-state index contributed by atoms with van der Waals surface area (Å²) in [4.78, 5) is 13.0. The van der Waals surface area contributed by atoms with Crippen molar-refractivity contribution in [3.63, 3.8) is 0 Å². The Labute approximate surface area is 224 Å². The van der Waals surface area contributed by atoms with Gasteiger partial charge in [0.25, 0.3) is 15.9 Å². The third-order valence-electron chi connectivity index (χ3n) is 6.37. The molecule has 4 aromatic rings. The standard InChI is InChI=1S/C30H32N4O3S/c1-21-6-12-27(13-7-21)33(38(36,37)29-16-10-23(3)11-17-29)20-30(35)32-31-19-26-18-24(4)34(25(26)5)28-14-8-22(2)9-15-28/h6-19H,20H2,1-5H3,(H,32,35)/b31-19+. The van der Waals surface area contributed by atoms with Crippen LogP contribution < -0.4 is 9.73 Å². The third kappa shape index (κ3) is 5.86. The predicted octanol–water partition coefficient (Wildman–Crippen LogP) is 5.37. The Balaban J connectivity index is 1.54. The summed E-state index contributed by atoms with van der Waals surface area (Å²) < 4.78 is 30.2. The number of carbonyl (C=O) groups is 1. The second-order valence-electron chi connectivity index (χ2n) is 9.45. The predicted molar refractivity (Wildman–Crippen MR) is 153 cm³/mol. The molecule has 1 heterocycles. The van der Waals surface area contributed by atoms with Crippen molar-refractivity contribution < 1.29 is 13.2 Å². The fourth-order valence-electron chi connectivity index (χ4n) is 4.21. The van der Waals surface area contributed by atoms with Gasteiger partial charge < -0.3 is 4.57 Å². The highest BCUT2D eigenvalue weighted by atomic mass is 32.2. The highest BCUT2D eigenvalue weighted by molar-refractivity contribution is 7.92. The van der Waals surface area contributed by atoms with E-state index in [1.165, 1.54) is 5.56 Å². The molecule has 8 heteroatoms. The summed E-state index contributed by atoms with van der Waals surface area (Å²) in [6, 6.07) is 23.8. The summed E-state index contributed by atoms with van der Waals surface area (Å²) in [6.45, 7) is 9.43. The maximum Gasteiger partial charge on any atom is 0.264 e. The maximum absolute atomic E-state index is 13.5. The quantitative estimate of drug-likeness (QED) is 0.247. The lowest BCUT2D eigenvalue weighted by molar-refractivity contribution is -0.119. The van der Waals surface area contributed by atoms with E-state index >= 15 is 0 Å². The van der Waals surface area contributed by atoms with Gasteiger partial charge in [-0.1, -0.05) is 53.1 Å². The summed E-state index contributed by atoms with van der Waals surface area (Å²) in [6.07, 6.45) is 1.58. The Morgan fingerprint density at radius 1 is 0.842 bits per heavy atom. The first-order chi connectivity index (χ1) is 18.1. The average molecular weight is 529 g/mol. The lowest BCUT2D eigenvalue weighted by Crippen LogP contribution is -2.39. The number of amides is 1. The second kappa shape index (κ2) is 11.1. The first-order valence-electron chi connectivity index (χ1n) is 12.3. The molecule has 0 aliphatic heterocycles. The number of hydrazone groups is 1. The zero-order valence-corrected chi connectivity index (χ0v) is 23.1. The Morgan fingerprint density at radius 3 is 1.95 bits per heavy atom. The molecule has 0 atom stereocenters. The average Bonchev–Trinajstić information content (AvgIpc) is 3.16. The molecule has 3 aromatic carbocycles. The number of aromatic nitrogens is 1. The number of anilines is 1. The molecule has 4 rings (SSSR count). The number of carbonyl (C=O) groups excluding carboxylic acids is 1. The molecular formula is C30H32N4O3S. The third-order valence-corrected chi connectivity index (χ3v) is 8.16. The number of hydrogen-bond acceptors (Lipinski definition) is 4. The molecule has 0 saturated carbocycles. The van der Waals surface area contributed by atoms with Crippen LogP contribution in [0.3, 0.4) is 0 Å². The van der Waals surface area contributed by atoms with Crippen LogP contribution in [0.4, 0.5) is 5.69 Å². The minimum atomic E-state index is -3.98. The van der Waals surface area contributed by atoms with Crippen LogP contribution >= 0.6 is 0 Å². The molecule has 1 amide bonds. The number of aryl methyl sites for hydroxylation is 4. The van der Waals surface area contributed by atoms with E-state index in [0.29, 0.717) is 5.69 Å². The van der Waals surface area contributed by atoms with E-state index in [1.807, 2.05) is 52.8 Å². The smallest absolute Gasteiger partial charge is 0.264 e. The van der Waals surface area contributed by atoms with Crippen molar-refractivity contribution in [1.82, 2.24) is 9.99 Å². The van der Waals surface area contributed by atoms with Crippen molar-refractivity contribution in [2.24, 2.45) is 5.10 Å². The van der Waals surface area contributed by atoms with Gasteiger partial charge in [-0.15, -0.1) is 0 Å². The van der Waals surface area contributed by atoms with Crippen molar-refractivity contribution in [3.05, 3.63) is 113 Å². The van der Waals surface area contributed by atoms with Gasteiger partial charge in [-0.05, 0) is 77.1 Å². The van der Waals surface area contributed by atoms with E-state index in [0.717, 1.165) is 38.1 Å². The Hall–Kier alpha value is -4.17. The van der Waals surface area contributed by atoms with Crippen LogP contribution in [0.1, 0.15) is 33.6 Å². The van der Waals surface area contributed by atoms with E-state index in [2.05, 4.69) is 39.4 Å². The van der Waals surface area contributed by atoms with E-state index in [9.17, 15) is 13.2 Å². The molecule has 0 aliphatic rings. The molecule has 0 fully saturated rings. The van der Waals surface area contributed by atoms with Gasteiger partial charge in [-0.25, -0.2) is 13.8 Å². The Morgan fingerprint density at radius 2 is 1.37 bits per heavy atom. The lowest BCUT2D eigenvalue weighted by atomic mass is 10.2. The molecule has 1 aromatic heterocycles. The number of nitrogens with one attached hydrogen (secondary N) is 1. The number of benzene rings is 3. The minimum absolute atomic E-state index is 0.114. The summed E-state index contributed by atoms with van der Waals surface area (Å²) in [5.41, 5.74) is 9.92. The number of hydrogen-bond donors (Lipinski definition) is 1. The zero-order chi connectivity index (χ0) is 27.4. The summed E-state index contributed by atoms with van der Waals surface area (Å²) in [7, 11) is -3.98. The molecule has 0 aliphatic carbocycles. The van der Waals surface area contributed by atoms with E-state index in [-0.39, 0.29) is 4.90 Å². The topological polar surface area (TPSA) is 83.8 Å². The zero-order valence-electron chi connectivity index (χ0n) is 22.3. The molecule has 0 spiro atoms. The normalized spacial score (nSPS) is 11.6. The van der Waals surface area contributed by atoms with Crippen molar-refractivity contribution in [2.45, 2.75) is 39.5 Å². The van der Waals surface area contributed by atoms with Gasteiger partial charge >= 0.3 is 0 Å². The van der Waals surface area contributed by atoms with E-state index < -0.39 is 22.5 Å². The largest absolute Gasteiger partial charge is 0.318 e. The second-order valence-corrected chi connectivity index (χ2v) is 11.3. The molecule has 38 heavy (non-hydrogen) atoms. The molecule has 7 nitrogen and oxygen atoms in total. The van der Waals surface area contributed by atoms with E-state index in [4.69, 9.17) is 0 Å². The minimum Gasteiger partial charge on any atom is -0.318 e. The first-order valence-corrected chi connectivity index (χ1v) is 13.7. The molecule has 0 radical (unpaired) electrons. The Bertz CT molecular complexity index is 1570. The van der Waals surface area contributed by atoms with Crippen molar-refractivity contribution in [2.75, 3.05) is 10.8 Å². The van der Waals surface area contributed by atoms with Crippen molar-refractivity contribution >= 4 is 27.8 Å². The number of rotatable bonds is 8. The van der Waals surface area contributed by atoms with Crippen LogP contribution in [0, 0.1) is 34.6 Å². The van der Waals surface area contributed by atoms with Crippen LogP contribution in [-0.4, -0.2) is 31.7 Å². The van der Waals surface area contributed by atoms with Crippen LogP contribution in [-0.2, 0) is 14.8 Å². The number of sulfonamides is 1. The van der Waals surface area contributed by atoms with Gasteiger partial charge in [-0.3, -0.25) is 9.10 Å². The molecule has 1 N–H and O–H groups in total. The van der Waals surface area contributed by atoms with Gasteiger partial charge in [0.2, 0.25) is 0 Å². The fourth-order valence-corrected chi connectivity index (χ4v) is 5.63. The molecule has 196 valence electrons. The summed E-state index contributed by atoms with van der Waals surface area (Å²) in [5, 5.41) is 4.13. The Kier molecular flexibility index (Phi) is 7.83. The van der Waals surface area contributed by atoms with Crippen molar-refractivity contribution in [3.8, 4) is 5.69 Å². The SMILES string of the molecule is Cc1ccc(N(CC(=O)N/N=C/c2cc(C)n(-c3ccc(C)cc3)c2C)S(=O)(=O)c2ccc(C)cc2)cc1. The monoisotopic (exact) mass is 528 g/mol. The van der Waals surface area contributed by atoms with Crippen molar-refractivity contribution in [1.29, 1.82) is 0 Å². The van der Waals surface area contributed by atoms with Gasteiger partial charge in [0.05, 0.1) is 16.8 Å². The maximum atomic E-state index is 13.5. The highest BCUT2D eigenvalue weighted by Gasteiger charge is 2.27. The highest BCUT2D eigenvalue weighted by Crippen LogP contribution is 2.24. The molecular weight excluding hydrogens is 496 g/mol. The van der Waals surface area contributed by atoms with Gasteiger partial charge in [0.15, 0.2) is 0 Å². The van der Waals surface area contributed by atoms with E-state index in [1.54, 1.807) is 42.6 Å². The summed E-state index contributed by atoms with van der Waals surface area (Å²) >= 11 is 0. The fraction of sp³-hybridized carbons (Fsp3) is 0.200. The van der Waals surface area contributed by atoms with Crippen LogP contribution in [0.25, 0.3) is 5.69 Å². The van der Waals surface area contributed by atoms with Gasteiger partial charge in [-0.2, -0.15) is 5.10 Å². The first kappa shape index (κ1) is 26.9. The van der Waals surface area contributed by atoms with Crippen LogP contribution in [0.15, 0.2) is 88.9 Å². The summed E-state index contributed by atoms with van der Waals surface area (Å²) in [5.74, 6) is -0.551. The molecule has 0 bridgehead atoms.